The van der Waals surface area contributed by atoms with Gasteiger partial charge in [0.15, 0.2) is 23.3 Å². The SMILES string of the molecule is CCOC(=O)[C@@H](OC(C)(C)C)c1c(C)nc2c(C)c(-c3ccccc3)nn2c1-c1cc(F)c2c(c1C)CCCO2. The number of ether oxygens (including phenoxy) is 3. The van der Waals surface area contributed by atoms with E-state index in [2.05, 4.69) is 0 Å². The lowest BCUT2D eigenvalue weighted by Crippen LogP contribution is -2.30. The van der Waals surface area contributed by atoms with Gasteiger partial charge in [0.25, 0.3) is 0 Å². The van der Waals surface area contributed by atoms with Crippen molar-refractivity contribution in [2.45, 2.75) is 73.0 Å². The first-order chi connectivity index (χ1) is 19.0. The molecule has 0 unspecified atom stereocenters. The van der Waals surface area contributed by atoms with Gasteiger partial charge < -0.3 is 14.2 Å². The first kappa shape index (κ1) is 27.8. The van der Waals surface area contributed by atoms with Gasteiger partial charge in [-0.05, 0) is 72.9 Å². The van der Waals surface area contributed by atoms with Crippen LogP contribution in [-0.2, 0) is 20.7 Å². The number of aromatic nitrogens is 3. The molecule has 0 spiro atoms. The standard InChI is InChI=1S/C32H36FN3O4/c1-8-38-31(37)29(40-32(5,6)7)25-20(4)34-30-19(3)26(21-13-10-9-11-14-21)35-36(30)27(25)23-17-24(33)28-22(18(23)2)15-12-16-39-28/h9-11,13-14,17,29H,8,12,15-16H2,1-7H3/t29-/m0/s1. The van der Waals surface area contributed by atoms with Crippen molar-refractivity contribution < 1.29 is 23.4 Å². The van der Waals surface area contributed by atoms with E-state index in [1.165, 1.54) is 6.07 Å². The van der Waals surface area contributed by atoms with Gasteiger partial charge in [0, 0.05) is 33.5 Å². The highest BCUT2D eigenvalue weighted by Gasteiger charge is 2.36. The van der Waals surface area contributed by atoms with E-state index in [-0.39, 0.29) is 6.61 Å². The van der Waals surface area contributed by atoms with Gasteiger partial charge in [0.05, 0.1) is 30.2 Å². The molecule has 0 N–H and O–H groups in total. The fraction of sp³-hybridized carbons (Fsp3) is 0.406. The molecule has 2 aromatic heterocycles. The summed E-state index contributed by atoms with van der Waals surface area (Å²) in [4.78, 5) is 18.4. The van der Waals surface area contributed by atoms with E-state index in [9.17, 15) is 4.79 Å². The third-order valence-electron chi connectivity index (χ3n) is 7.19. The van der Waals surface area contributed by atoms with Crippen LogP contribution in [0.1, 0.15) is 68.2 Å². The van der Waals surface area contributed by atoms with Gasteiger partial charge in [0.1, 0.15) is 0 Å². The second-order valence-corrected chi connectivity index (χ2v) is 11.2. The molecular weight excluding hydrogens is 509 g/mol. The number of rotatable bonds is 6. The zero-order chi connectivity index (χ0) is 28.8. The Morgan fingerprint density at radius 1 is 1.15 bits per heavy atom. The van der Waals surface area contributed by atoms with E-state index in [0.717, 1.165) is 34.4 Å². The smallest absolute Gasteiger partial charge is 0.340 e. The molecule has 40 heavy (non-hydrogen) atoms. The minimum atomic E-state index is -1.11. The second-order valence-electron chi connectivity index (χ2n) is 11.2. The van der Waals surface area contributed by atoms with Crippen LogP contribution in [0, 0.1) is 26.6 Å². The highest BCUT2D eigenvalue weighted by atomic mass is 19.1. The van der Waals surface area contributed by atoms with Crippen molar-refractivity contribution in [1.29, 1.82) is 0 Å². The Balaban J connectivity index is 1.90. The van der Waals surface area contributed by atoms with Crippen molar-refractivity contribution in [2.75, 3.05) is 13.2 Å². The minimum absolute atomic E-state index is 0.190. The molecule has 5 rings (SSSR count). The Morgan fingerprint density at radius 2 is 1.88 bits per heavy atom. The molecule has 0 bridgehead atoms. The van der Waals surface area contributed by atoms with Crippen molar-refractivity contribution in [2.24, 2.45) is 0 Å². The van der Waals surface area contributed by atoms with Crippen molar-refractivity contribution in [3.63, 3.8) is 0 Å². The van der Waals surface area contributed by atoms with Gasteiger partial charge in [-0.15, -0.1) is 0 Å². The van der Waals surface area contributed by atoms with E-state index in [1.807, 2.05) is 71.9 Å². The third-order valence-corrected chi connectivity index (χ3v) is 7.19. The molecule has 2 aromatic carbocycles. The average Bonchev–Trinajstić information content (AvgIpc) is 3.24. The molecule has 0 saturated heterocycles. The zero-order valence-electron chi connectivity index (χ0n) is 24.2. The molecule has 210 valence electrons. The summed E-state index contributed by atoms with van der Waals surface area (Å²) in [6.07, 6.45) is 0.388. The summed E-state index contributed by atoms with van der Waals surface area (Å²) in [7, 11) is 0. The molecule has 8 heteroatoms. The molecule has 1 atom stereocenters. The van der Waals surface area contributed by atoms with E-state index in [0.29, 0.717) is 46.9 Å². The largest absolute Gasteiger partial charge is 0.490 e. The van der Waals surface area contributed by atoms with Gasteiger partial charge in [-0.1, -0.05) is 30.3 Å². The van der Waals surface area contributed by atoms with Gasteiger partial charge in [-0.25, -0.2) is 18.7 Å². The number of carbonyl (C=O) groups is 1. The summed E-state index contributed by atoms with van der Waals surface area (Å²) in [5, 5.41) is 5.02. The molecule has 0 saturated carbocycles. The number of hydrogen-bond acceptors (Lipinski definition) is 6. The van der Waals surface area contributed by atoms with Gasteiger partial charge in [-0.2, -0.15) is 5.10 Å². The second kappa shape index (κ2) is 10.7. The molecule has 4 aromatic rings. The maximum Gasteiger partial charge on any atom is 0.340 e. The van der Waals surface area contributed by atoms with E-state index < -0.39 is 23.5 Å². The molecule has 1 aliphatic rings. The summed E-state index contributed by atoms with van der Waals surface area (Å²) in [6, 6.07) is 11.3. The number of fused-ring (bicyclic) bond motifs is 2. The number of benzene rings is 2. The molecule has 3 heterocycles. The van der Waals surface area contributed by atoms with E-state index in [4.69, 9.17) is 24.3 Å². The maximum atomic E-state index is 15.6. The average molecular weight is 546 g/mol. The quantitative estimate of drug-likeness (QED) is 0.246. The predicted octanol–water partition coefficient (Wildman–Crippen LogP) is 6.87. The van der Waals surface area contributed by atoms with Gasteiger partial charge in [0.2, 0.25) is 0 Å². The molecule has 0 fully saturated rings. The van der Waals surface area contributed by atoms with Gasteiger partial charge in [-0.3, -0.25) is 0 Å². The third kappa shape index (κ3) is 4.96. The molecule has 0 radical (unpaired) electrons. The first-order valence-corrected chi connectivity index (χ1v) is 13.8. The fourth-order valence-corrected chi connectivity index (χ4v) is 5.42. The molecule has 0 amide bonds. The van der Waals surface area contributed by atoms with Crippen LogP contribution in [0.15, 0.2) is 36.4 Å². The molecular formula is C32H36FN3O4. The highest BCUT2D eigenvalue weighted by molar-refractivity contribution is 5.84. The monoisotopic (exact) mass is 545 g/mol. The van der Waals surface area contributed by atoms with Crippen molar-refractivity contribution in [3.8, 4) is 28.3 Å². The van der Waals surface area contributed by atoms with Crippen molar-refractivity contribution >= 4 is 11.6 Å². The molecule has 0 aliphatic carbocycles. The Morgan fingerprint density at radius 3 is 2.55 bits per heavy atom. The zero-order valence-corrected chi connectivity index (χ0v) is 24.2. The van der Waals surface area contributed by atoms with E-state index >= 15 is 4.39 Å². The topological polar surface area (TPSA) is 75.0 Å². The first-order valence-electron chi connectivity index (χ1n) is 13.8. The lowest BCUT2D eigenvalue weighted by atomic mass is 9.90. The Labute approximate surface area is 234 Å². The number of hydrogen-bond donors (Lipinski definition) is 0. The lowest BCUT2D eigenvalue weighted by Gasteiger charge is -2.29. The number of nitrogens with zero attached hydrogens (tertiary/aromatic N) is 3. The Kier molecular flexibility index (Phi) is 7.40. The van der Waals surface area contributed by atoms with Crippen LogP contribution in [0.25, 0.3) is 28.2 Å². The van der Waals surface area contributed by atoms with Crippen LogP contribution in [0.4, 0.5) is 4.39 Å². The lowest BCUT2D eigenvalue weighted by molar-refractivity contribution is -0.166. The predicted molar refractivity (Wildman–Crippen MR) is 152 cm³/mol. The maximum absolute atomic E-state index is 15.6. The fourth-order valence-electron chi connectivity index (χ4n) is 5.42. The van der Waals surface area contributed by atoms with Crippen LogP contribution in [0.5, 0.6) is 5.75 Å². The summed E-state index contributed by atoms with van der Waals surface area (Å²) in [5.41, 5.74) is 6.47. The van der Waals surface area contributed by atoms with E-state index in [1.54, 1.807) is 11.4 Å². The number of carbonyl (C=O) groups excluding carboxylic acids is 1. The number of esters is 1. The summed E-state index contributed by atoms with van der Waals surface area (Å²) < 4.78 is 34.9. The van der Waals surface area contributed by atoms with Crippen molar-refractivity contribution in [3.05, 3.63) is 70.2 Å². The number of halogens is 1. The normalized spacial score (nSPS) is 14.1. The van der Waals surface area contributed by atoms with Crippen LogP contribution in [0.3, 0.4) is 0 Å². The highest BCUT2D eigenvalue weighted by Crippen LogP contribution is 2.42. The Hall–Kier alpha value is -3.78. The van der Waals surface area contributed by atoms with Crippen molar-refractivity contribution in [1.82, 2.24) is 14.6 Å². The minimum Gasteiger partial charge on any atom is -0.490 e. The van der Waals surface area contributed by atoms with Crippen LogP contribution in [0.2, 0.25) is 0 Å². The van der Waals surface area contributed by atoms with Crippen LogP contribution >= 0.6 is 0 Å². The number of aryl methyl sites for hydroxylation is 2. The summed E-state index contributed by atoms with van der Waals surface area (Å²) >= 11 is 0. The summed E-state index contributed by atoms with van der Waals surface area (Å²) in [6.45, 7) is 13.9. The summed E-state index contributed by atoms with van der Waals surface area (Å²) in [5.74, 6) is -0.680. The van der Waals surface area contributed by atoms with Gasteiger partial charge >= 0.3 is 5.97 Å². The molecule has 7 nitrogen and oxygen atoms in total. The van der Waals surface area contributed by atoms with Crippen LogP contribution < -0.4 is 4.74 Å². The Bertz CT molecular complexity index is 1590. The van der Waals surface area contributed by atoms with Crippen LogP contribution in [-0.4, -0.2) is 39.4 Å². The molecule has 1 aliphatic heterocycles.